The van der Waals surface area contributed by atoms with E-state index >= 15 is 0 Å². The third-order valence-electron chi connectivity index (χ3n) is 5.88. The highest BCUT2D eigenvalue weighted by Gasteiger charge is 2.14. The van der Waals surface area contributed by atoms with Gasteiger partial charge in [0, 0.05) is 5.56 Å². The van der Waals surface area contributed by atoms with Crippen LogP contribution in [-0.2, 0) is 6.61 Å². The molecule has 37 heavy (non-hydrogen) atoms. The van der Waals surface area contributed by atoms with Gasteiger partial charge in [-0.3, -0.25) is 4.79 Å². The molecule has 0 bridgehead atoms. The molecule has 190 valence electrons. The molecule has 6 nitrogen and oxygen atoms in total. The molecule has 0 saturated heterocycles. The van der Waals surface area contributed by atoms with Gasteiger partial charge in [-0.2, -0.15) is 10.2 Å². The first kappa shape index (κ1) is 26.1. The largest absolute Gasteiger partial charge is 0.489 e. The quantitative estimate of drug-likeness (QED) is 0.207. The van der Waals surface area contributed by atoms with Crippen LogP contribution in [-0.4, -0.2) is 21.9 Å². The molecule has 0 aliphatic rings. The molecule has 0 fully saturated rings. The summed E-state index contributed by atoms with van der Waals surface area (Å²) in [7, 11) is 0. The Morgan fingerprint density at radius 2 is 1.81 bits per heavy atom. The van der Waals surface area contributed by atoms with Gasteiger partial charge in [0.1, 0.15) is 23.3 Å². The average molecular weight is 519 g/mol. The van der Waals surface area contributed by atoms with Crippen LogP contribution in [0.4, 0.5) is 4.39 Å². The van der Waals surface area contributed by atoms with E-state index in [-0.39, 0.29) is 11.7 Å². The van der Waals surface area contributed by atoms with Crippen molar-refractivity contribution in [1.29, 1.82) is 0 Å². The van der Waals surface area contributed by atoms with E-state index in [1.54, 1.807) is 31.2 Å². The van der Waals surface area contributed by atoms with E-state index in [1.807, 2.05) is 25.1 Å². The van der Waals surface area contributed by atoms with Gasteiger partial charge < -0.3 is 4.74 Å². The Bertz CT molecular complexity index is 1430. The van der Waals surface area contributed by atoms with Crippen molar-refractivity contribution >= 4 is 23.7 Å². The van der Waals surface area contributed by atoms with Crippen LogP contribution < -0.4 is 10.2 Å². The fraction of sp³-hybridized carbons (Fsp3) is 0.207. The normalized spacial score (nSPS) is 11.3. The highest BCUT2D eigenvalue weighted by molar-refractivity contribution is 6.32. The number of carbonyl (C=O) groups excluding carboxylic acids is 1. The Kier molecular flexibility index (Phi) is 8.04. The summed E-state index contributed by atoms with van der Waals surface area (Å²) in [6, 6.07) is 19.2. The van der Waals surface area contributed by atoms with E-state index in [4.69, 9.17) is 16.3 Å². The van der Waals surface area contributed by atoms with Crippen LogP contribution in [0.2, 0.25) is 5.15 Å². The lowest BCUT2D eigenvalue weighted by atomic mass is 10.0. The van der Waals surface area contributed by atoms with Crippen molar-refractivity contribution in [2.45, 2.75) is 40.2 Å². The number of hydrogen-bond donors (Lipinski definition) is 1. The summed E-state index contributed by atoms with van der Waals surface area (Å²) >= 11 is 6.45. The maximum Gasteiger partial charge on any atom is 0.271 e. The van der Waals surface area contributed by atoms with Crippen molar-refractivity contribution in [3.63, 3.8) is 0 Å². The lowest BCUT2D eigenvalue weighted by Crippen LogP contribution is -2.17. The van der Waals surface area contributed by atoms with Gasteiger partial charge in [0.2, 0.25) is 0 Å². The topological polar surface area (TPSA) is 68.5 Å². The first-order valence-corrected chi connectivity index (χ1v) is 12.3. The average Bonchev–Trinajstić information content (AvgIpc) is 3.16. The number of nitrogens with one attached hydrogen (secondary N) is 1. The number of rotatable bonds is 8. The molecule has 1 N–H and O–H groups in total. The van der Waals surface area contributed by atoms with Gasteiger partial charge in [-0.1, -0.05) is 49.7 Å². The predicted octanol–water partition coefficient (Wildman–Crippen LogP) is 6.75. The van der Waals surface area contributed by atoms with Crippen molar-refractivity contribution in [3.05, 3.63) is 111 Å². The van der Waals surface area contributed by atoms with Crippen LogP contribution in [0.15, 0.2) is 71.8 Å². The number of amides is 1. The second kappa shape index (κ2) is 11.4. The minimum atomic E-state index is -0.357. The van der Waals surface area contributed by atoms with E-state index in [9.17, 15) is 9.18 Å². The molecule has 0 saturated carbocycles. The number of aromatic nitrogens is 2. The van der Waals surface area contributed by atoms with Crippen molar-refractivity contribution in [2.75, 3.05) is 0 Å². The third-order valence-corrected chi connectivity index (χ3v) is 6.24. The second-order valence-corrected chi connectivity index (χ2v) is 9.42. The molecule has 0 spiro atoms. The zero-order valence-corrected chi connectivity index (χ0v) is 21.9. The highest BCUT2D eigenvalue weighted by Crippen LogP contribution is 2.28. The maximum absolute atomic E-state index is 13.2. The molecule has 0 unspecified atom stereocenters. The lowest BCUT2D eigenvalue weighted by Gasteiger charge is -2.15. The van der Waals surface area contributed by atoms with Crippen LogP contribution in [0.5, 0.6) is 5.75 Å². The summed E-state index contributed by atoms with van der Waals surface area (Å²) in [6.07, 6.45) is 1.44. The minimum Gasteiger partial charge on any atom is -0.489 e. The van der Waals surface area contributed by atoms with Crippen molar-refractivity contribution in [2.24, 2.45) is 5.10 Å². The highest BCUT2D eigenvalue weighted by atomic mass is 35.5. The van der Waals surface area contributed by atoms with Crippen LogP contribution in [0.3, 0.4) is 0 Å². The molecule has 0 aliphatic heterocycles. The summed E-state index contributed by atoms with van der Waals surface area (Å²) in [5, 5.41) is 8.73. The summed E-state index contributed by atoms with van der Waals surface area (Å²) < 4.78 is 20.8. The molecule has 3 aromatic carbocycles. The Labute approximate surface area is 220 Å². The standard InChI is InChI=1S/C29H28ClFN4O2/c1-18(2)25-14-5-19(3)15-27(25)37-17-21-6-8-22(9-7-21)29(36)33-32-16-26-20(4)34-35(28(26)30)24-12-10-23(31)11-13-24/h5-16,18H,17H2,1-4H3,(H,33,36). The maximum atomic E-state index is 13.2. The van der Waals surface area contributed by atoms with Crippen molar-refractivity contribution in [1.82, 2.24) is 15.2 Å². The van der Waals surface area contributed by atoms with E-state index in [0.717, 1.165) is 22.4 Å². The molecular formula is C29H28ClFN4O2. The number of benzene rings is 3. The van der Waals surface area contributed by atoms with E-state index < -0.39 is 0 Å². The Morgan fingerprint density at radius 3 is 2.49 bits per heavy atom. The Hall–Kier alpha value is -3.97. The smallest absolute Gasteiger partial charge is 0.271 e. The number of aryl methyl sites for hydroxylation is 2. The predicted molar refractivity (Wildman–Crippen MR) is 144 cm³/mol. The Morgan fingerprint density at radius 1 is 1.11 bits per heavy atom. The number of ether oxygens (including phenoxy) is 1. The van der Waals surface area contributed by atoms with Gasteiger partial charge in [0.15, 0.2) is 0 Å². The van der Waals surface area contributed by atoms with Gasteiger partial charge >= 0.3 is 0 Å². The number of halogens is 2. The van der Waals surface area contributed by atoms with Gasteiger partial charge in [0.05, 0.1) is 23.2 Å². The summed E-state index contributed by atoms with van der Waals surface area (Å²) in [5.41, 5.74) is 8.02. The minimum absolute atomic E-state index is 0.306. The van der Waals surface area contributed by atoms with Crippen LogP contribution >= 0.6 is 11.6 Å². The monoisotopic (exact) mass is 518 g/mol. The number of hydrogen-bond acceptors (Lipinski definition) is 4. The molecule has 1 amide bonds. The third kappa shape index (κ3) is 6.24. The fourth-order valence-electron chi connectivity index (χ4n) is 3.79. The number of hydrazone groups is 1. The molecular weight excluding hydrogens is 491 g/mol. The molecule has 0 radical (unpaired) electrons. The summed E-state index contributed by atoms with van der Waals surface area (Å²) in [6.45, 7) is 8.50. The van der Waals surface area contributed by atoms with Gasteiger partial charge in [-0.05, 0) is 78.9 Å². The fourth-order valence-corrected chi connectivity index (χ4v) is 4.11. The molecule has 1 heterocycles. The lowest BCUT2D eigenvalue weighted by molar-refractivity contribution is 0.0955. The van der Waals surface area contributed by atoms with Crippen LogP contribution in [0, 0.1) is 19.7 Å². The van der Waals surface area contributed by atoms with E-state index in [1.165, 1.54) is 23.0 Å². The number of carbonyl (C=O) groups is 1. The molecule has 0 aliphatic carbocycles. The summed E-state index contributed by atoms with van der Waals surface area (Å²) in [4.78, 5) is 12.6. The van der Waals surface area contributed by atoms with Crippen LogP contribution in [0.1, 0.15) is 58.1 Å². The summed E-state index contributed by atoms with van der Waals surface area (Å²) in [5.74, 6) is 0.533. The number of nitrogens with zero attached hydrogens (tertiary/aromatic N) is 3. The van der Waals surface area contributed by atoms with Gasteiger partial charge in [0.25, 0.3) is 5.91 Å². The van der Waals surface area contributed by atoms with Crippen molar-refractivity contribution < 1.29 is 13.9 Å². The molecule has 0 atom stereocenters. The van der Waals surface area contributed by atoms with Gasteiger partial charge in [-0.15, -0.1) is 0 Å². The van der Waals surface area contributed by atoms with Crippen LogP contribution in [0.25, 0.3) is 5.69 Å². The first-order chi connectivity index (χ1) is 17.7. The molecule has 4 aromatic rings. The first-order valence-electron chi connectivity index (χ1n) is 11.9. The van der Waals surface area contributed by atoms with E-state index in [0.29, 0.717) is 40.2 Å². The van der Waals surface area contributed by atoms with Crippen molar-refractivity contribution in [3.8, 4) is 11.4 Å². The molecule has 8 heteroatoms. The second-order valence-electron chi connectivity index (χ2n) is 9.06. The zero-order valence-electron chi connectivity index (χ0n) is 21.1. The molecule has 1 aromatic heterocycles. The van der Waals surface area contributed by atoms with E-state index in [2.05, 4.69) is 41.6 Å². The van der Waals surface area contributed by atoms with Gasteiger partial charge in [-0.25, -0.2) is 14.5 Å². The SMILES string of the molecule is Cc1ccc(C(C)C)c(OCc2ccc(C(=O)NN=Cc3c(C)nn(-c4ccc(F)cc4)c3Cl)cc2)c1. The molecule has 4 rings (SSSR count). The Balaban J connectivity index is 1.38. The zero-order chi connectivity index (χ0) is 26.5.